The van der Waals surface area contributed by atoms with Gasteiger partial charge in [0.2, 0.25) is 0 Å². The molecular weight excluding hydrogens is 288 g/mol. The van der Waals surface area contributed by atoms with Crippen LogP contribution in [0.15, 0.2) is 54.6 Å². The lowest BCUT2D eigenvalue weighted by Gasteiger charge is -2.28. The molecule has 0 aromatic heterocycles. The minimum absolute atomic E-state index is 0.695. The van der Waals surface area contributed by atoms with Crippen LogP contribution in [0.3, 0.4) is 0 Å². The van der Waals surface area contributed by atoms with Crippen molar-refractivity contribution in [2.45, 2.75) is 11.8 Å². The summed E-state index contributed by atoms with van der Waals surface area (Å²) in [4.78, 5) is 11.0. The van der Waals surface area contributed by atoms with Gasteiger partial charge in [0.05, 0.1) is 5.56 Å². The highest BCUT2D eigenvalue weighted by Crippen LogP contribution is 2.50. The molecule has 110 valence electrons. The van der Waals surface area contributed by atoms with E-state index in [2.05, 4.69) is 0 Å². The zero-order valence-electron chi connectivity index (χ0n) is 10.6. The van der Waals surface area contributed by atoms with Gasteiger partial charge in [0.1, 0.15) is 0 Å². The van der Waals surface area contributed by atoms with Crippen molar-refractivity contribution in [3.05, 3.63) is 71.3 Å². The molecule has 0 saturated carbocycles. The van der Waals surface area contributed by atoms with Crippen LogP contribution in [0, 0.1) is 0 Å². The first-order valence-electron chi connectivity index (χ1n) is 5.92. The van der Waals surface area contributed by atoms with E-state index in [-0.39, 0.29) is 0 Å². The second kappa shape index (κ2) is 5.20. The zero-order valence-corrected chi connectivity index (χ0v) is 10.6. The quantitative estimate of drug-likeness (QED) is 0.856. The number of carbonyl (C=O) groups is 1. The topological polar surface area (TPSA) is 37.3 Å². The summed E-state index contributed by atoms with van der Waals surface area (Å²) in [6.45, 7) is 0. The van der Waals surface area contributed by atoms with Crippen LogP contribution in [-0.2, 0) is 11.8 Å². The van der Waals surface area contributed by atoms with Crippen LogP contribution < -0.4 is 0 Å². The molecule has 0 bridgehead atoms. The van der Waals surface area contributed by atoms with E-state index in [9.17, 15) is 22.4 Å². The van der Waals surface area contributed by atoms with E-state index < -0.39 is 34.5 Å². The number of hydrogen-bond donors (Lipinski definition) is 1. The van der Waals surface area contributed by atoms with Crippen molar-refractivity contribution in [3.63, 3.8) is 0 Å². The Balaban J connectivity index is 2.59. The maximum Gasteiger partial charge on any atom is 0.340 e. The summed E-state index contributed by atoms with van der Waals surface area (Å²) >= 11 is 0. The summed E-state index contributed by atoms with van der Waals surface area (Å²) in [5.41, 5.74) is -2.94. The van der Waals surface area contributed by atoms with Crippen molar-refractivity contribution in [1.82, 2.24) is 0 Å². The summed E-state index contributed by atoms with van der Waals surface area (Å²) in [7, 11) is 0. The van der Waals surface area contributed by atoms with Gasteiger partial charge in [0.25, 0.3) is 0 Å². The molecule has 0 saturated heterocycles. The Morgan fingerprint density at radius 3 is 1.90 bits per heavy atom. The smallest absolute Gasteiger partial charge is 0.340 e. The fraction of sp³-hybridized carbons (Fsp3) is 0.133. The molecule has 0 unspecified atom stereocenters. The molecule has 0 spiro atoms. The molecule has 0 radical (unpaired) electrons. The SMILES string of the molecule is O=C(O)c1ccccc1C(F)(F)C(F)(F)c1ccccc1. The lowest BCUT2D eigenvalue weighted by atomic mass is 9.93. The van der Waals surface area contributed by atoms with Gasteiger partial charge in [-0.15, -0.1) is 0 Å². The van der Waals surface area contributed by atoms with Gasteiger partial charge in [-0.2, -0.15) is 17.6 Å². The second-order valence-corrected chi connectivity index (χ2v) is 4.37. The predicted octanol–water partition coefficient (Wildman–Crippen LogP) is 4.27. The third kappa shape index (κ3) is 2.49. The Labute approximate surface area is 117 Å². The first kappa shape index (κ1) is 15.0. The molecule has 0 fully saturated rings. The molecule has 2 rings (SSSR count). The number of benzene rings is 2. The highest BCUT2D eigenvalue weighted by atomic mass is 19.3. The monoisotopic (exact) mass is 298 g/mol. The average molecular weight is 298 g/mol. The van der Waals surface area contributed by atoms with Crippen molar-refractivity contribution in [2.75, 3.05) is 0 Å². The van der Waals surface area contributed by atoms with Crippen LogP contribution in [0.5, 0.6) is 0 Å². The first-order valence-corrected chi connectivity index (χ1v) is 5.92. The summed E-state index contributed by atoms with van der Waals surface area (Å²) < 4.78 is 56.7. The molecule has 0 aliphatic heterocycles. The van der Waals surface area contributed by atoms with Gasteiger partial charge in [-0.25, -0.2) is 4.79 Å². The van der Waals surface area contributed by atoms with Crippen molar-refractivity contribution in [3.8, 4) is 0 Å². The fourth-order valence-electron chi connectivity index (χ4n) is 1.94. The molecule has 0 amide bonds. The molecule has 2 nitrogen and oxygen atoms in total. The highest BCUT2D eigenvalue weighted by Gasteiger charge is 2.59. The van der Waals surface area contributed by atoms with Crippen LogP contribution in [0.2, 0.25) is 0 Å². The fourth-order valence-corrected chi connectivity index (χ4v) is 1.94. The predicted molar refractivity (Wildman–Crippen MR) is 67.6 cm³/mol. The Bertz CT molecular complexity index is 654. The van der Waals surface area contributed by atoms with Gasteiger partial charge in [0.15, 0.2) is 0 Å². The van der Waals surface area contributed by atoms with E-state index in [0.29, 0.717) is 6.07 Å². The van der Waals surface area contributed by atoms with E-state index >= 15 is 0 Å². The van der Waals surface area contributed by atoms with Crippen LogP contribution in [0.25, 0.3) is 0 Å². The summed E-state index contributed by atoms with van der Waals surface area (Å²) in [6, 6.07) is 9.44. The van der Waals surface area contributed by atoms with Gasteiger partial charge in [-0.3, -0.25) is 0 Å². The van der Waals surface area contributed by atoms with Gasteiger partial charge >= 0.3 is 17.8 Å². The lowest BCUT2D eigenvalue weighted by Crippen LogP contribution is -2.36. The van der Waals surface area contributed by atoms with Crippen LogP contribution in [-0.4, -0.2) is 11.1 Å². The molecule has 6 heteroatoms. The van der Waals surface area contributed by atoms with Crippen LogP contribution in [0.4, 0.5) is 17.6 Å². The molecular formula is C15H10F4O2. The number of hydrogen-bond acceptors (Lipinski definition) is 1. The van der Waals surface area contributed by atoms with E-state index in [1.54, 1.807) is 0 Å². The molecule has 0 aliphatic rings. The Kier molecular flexibility index (Phi) is 3.72. The van der Waals surface area contributed by atoms with Gasteiger partial charge in [0, 0.05) is 11.1 Å². The van der Waals surface area contributed by atoms with Gasteiger partial charge < -0.3 is 5.11 Å². The number of rotatable bonds is 4. The minimum Gasteiger partial charge on any atom is -0.478 e. The highest BCUT2D eigenvalue weighted by molar-refractivity contribution is 5.89. The number of carboxylic acid groups (broad SMARTS) is 1. The van der Waals surface area contributed by atoms with E-state index in [4.69, 9.17) is 5.11 Å². The maximum atomic E-state index is 14.2. The van der Waals surface area contributed by atoms with Crippen LogP contribution >= 0.6 is 0 Å². The molecule has 1 N–H and O–H groups in total. The maximum absolute atomic E-state index is 14.2. The van der Waals surface area contributed by atoms with E-state index in [0.717, 1.165) is 24.3 Å². The summed E-state index contributed by atoms with van der Waals surface area (Å²) in [5, 5.41) is 8.89. The molecule has 0 atom stereocenters. The Morgan fingerprint density at radius 2 is 1.33 bits per heavy atom. The van der Waals surface area contributed by atoms with Crippen molar-refractivity contribution in [2.24, 2.45) is 0 Å². The Morgan fingerprint density at radius 1 is 0.810 bits per heavy atom. The molecule has 2 aromatic carbocycles. The third-order valence-electron chi connectivity index (χ3n) is 3.03. The third-order valence-corrected chi connectivity index (χ3v) is 3.03. The standard InChI is InChI=1S/C15H10F4O2/c16-14(17,10-6-2-1-3-7-10)15(18,19)12-9-5-4-8-11(12)13(20)21/h1-9H,(H,20,21). The molecule has 2 aromatic rings. The number of halogens is 4. The number of aromatic carboxylic acids is 1. The Hall–Kier alpha value is -2.37. The molecule has 21 heavy (non-hydrogen) atoms. The minimum atomic E-state index is -4.65. The van der Waals surface area contributed by atoms with E-state index in [1.165, 1.54) is 24.3 Å². The van der Waals surface area contributed by atoms with Gasteiger partial charge in [-0.1, -0.05) is 48.5 Å². The summed E-state index contributed by atoms with van der Waals surface area (Å²) in [6.07, 6.45) is 0. The van der Waals surface area contributed by atoms with Crippen LogP contribution in [0.1, 0.15) is 21.5 Å². The van der Waals surface area contributed by atoms with Crippen molar-refractivity contribution in [1.29, 1.82) is 0 Å². The largest absolute Gasteiger partial charge is 0.478 e. The average Bonchev–Trinajstić information content (AvgIpc) is 2.48. The first-order chi connectivity index (χ1) is 9.78. The number of alkyl halides is 4. The lowest BCUT2D eigenvalue weighted by molar-refractivity contribution is -0.224. The summed E-state index contributed by atoms with van der Waals surface area (Å²) in [5.74, 6) is -10.9. The van der Waals surface area contributed by atoms with Crippen molar-refractivity contribution >= 4 is 5.97 Å². The van der Waals surface area contributed by atoms with E-state index in [1.807, 2.05) is 0 Å². The molecule has 0 heterocycles. The zero-order chi connectivity index (χ0) is 15.7. The normalized spacial score (nSPS) is 12.2. The second-order valence-electron chi connectivity index (χ2n) is 4.37. The van der Waals surface area contributed by atoms with Gasteiger partial charge in [-0.05, 0) is 6.07 Å². The van der Waals surface area contributed by atoms with Crippen molar-refractivity contribution < 1.29 is 27.5 Å². The number of carboxylic acids is 1. The molecule has 0 aliphatic carbocycles.